The number of nitrogens with two attached hydrogens (primary N) is 1. The average molecular weight is 224 g/mol. The van der Waals surface area contributed by atoms with Crippen molar-refractivity contribution in [3.8, 4) is 0 Å². The van der Waals surface area contributed by atoms with Gasteiger partial charge in [0.25, 0.3) is 0 Å². The van der Waals surface area contributed by atoms with Crippen LogP contribution in [0.4, 0.5) is 0 Å². The van der Waals surface area contributed by atoms with E-state index in [4.69, 9.17) is 10.2 Å². The van der Waals surface area contributed by atoms with Crippen molar-refractivity contribution in [2.45, 2.75) is 39.3 Å². The predicted molar refractivity (Wildman–Crippen MR) is 67.1 cm³/mol. The van der Waals surface area contributed by atoms with Crippen LogP contribution in [-0.4, -0.2) is 24.5 Å². The molecule has 0 spiro atoms. The largest absolute Gasteiger partial charge is 0.468 e. The number of hydrogen-bond acceptors (Lipinski definition) is 3. The molecule has 3 nitrogen and oxygen atoms in total. The first-order chi connectivity index (χ1) is 7.69. The topological polar surface area (TPSA) is 42.4 Å². The molecule has 0 aliphatic carbocycles. The molecule has 0 aromatic carbocycles. The Kier molecular flexibility index (Phi) is 5.56. The second kappa shape index (κ2) is 6.71. The molecule has 1 heterocycles. The van der Waals surface area contributed by atoms with Gasteiger partial charge < -0.3 is 10.2 Å². The fourth-order valence-corrected chi connectivity index (χ4v) is 2.26. The van der Waals surface area contributed by atoms with Gasteiger partial charge >= 0.3 is 0 Å². The van der Waals surface area contributed by atoms with Crippen LogP contribution in [0.25, 0.3) is 0 Å². The fraction of sp³-hybridized carbons (Fsp3) is 0.692. The zero-order valence-corrected chi connectivity index (χ0v) is 10.6. The van der Waals surface area contributed by atoms with Crippen LogP contribution >= 0.6 is 0 Å². The monoisotopic (exact) mass is 224 g/mol. The Bertz CT molecular complexity index is 271. The molecule has 1 aromatic rings. The van der Waals surface area contributed by atoms with E-state index in [-0.39, 0.29) is 0 Å². The Morgan fingerprint density at radius 2 is 2.25 bits per heavy atom. The molecular weight excluding hydrogens is 200 g/mol. The zero-order chi connectivity index (χ0) is 12.0. The maximum absolute atomic E-state index is 5.86. The fourth-order valence-electron chi connectivity index (χ4n) is 2.26. The number of likely N-dealkylation sites (N-methyl/N-ethyl adjacent to an activating group) is 1. The normalized spacial score (nSPS) is 15.3. The molecule has 0 saturated heterocycles. The van der Waals surface area contributed by atoms with Crippen molar-refractivity contribution in [2.24, 2.45) is 11.7 Å². The maximum atomic E-state index is 5.86. The van der Waals surface area contributed by atoms with Crippen LogP contribution < -0.4 is 5.73 Å². The van der Waals surface area contributed by atoms with Crippen LogP contribution in [0, 0.1) is 5.92 Å². The summed E-state index contributed by atoms with van der Waals surface area (Å²) in [5, 5.41) is 0. The highest BCUT2D eigenvalue weighted by Crippen LogP contribution is 2.17. The van der Waals surface area contributed by atoms with Gasteiger partial charge in [0.2, 0.25) is 0 Å². The van der Waals surface area contributed by atoms with E-state index in [0.29, 0.717) is 18.5 Å². The quantitative estimate of drug-likeness (QED) is 0.773. The van der Waals surface area contributed by atoms with Gasteiger partial charge in [0.15, 0.2) is 0 Å². The molecule has 2 N–H and O–H groups in total. The second-order valence-electron chi connectivity index (χ2n) is 4.56. The average Bonchev–Trinajstić information content (AvgIpc) is 2.71. The Hall–Kier alpha value is -0.800. The Morgan fingerprint density at radius 1 is 1.50 bits per heavy atom. The van der Waals surface area contributed by atoms with Crippen molar-refractivity contribution in [3.63, 3.8) is 0 Å². The van der Waals surface area contributed by atoms with Gasteiger partial charge in [0, 0.05) is 12.6 Å². The molecule has 3 heteroatoms. The van der Waals surface area contributed by atoms with Crippen LogP contribution in [-0.2, 0) is 6.54 Å². The first-order valence-electron chi connectivity index (χ1n) is 6.11. The van der Waals surface area contributed by atoms with E-state index in [1.807, 2.05) is 12.1 Å². The summed E-state index contributed by atoms with van der Waals surface area (Å²) in [6.07, 6.45) is 4.16. The van der Waals surface area contributed by atoms with Gasteiger partial charge in [0.1, 0.15) is 5.76 Å². The minimum absolute atomic E-state index is 0.435. The van der Waals surface area contributed by atoms with Gasteiger partial charge in [-0.05, 0) is 31.5 Å². The van der Waals surface area contributed by atoms with E-state index < -0.39 is 0 Å². The summed E-state index contributed by atoms with van der Waals surface area (Å²) < 4.78 is 5.36. The lowest BCUT2D eigenvalue weighted by Gasteiger charge is -2.31. The summed E-state index contributed by atoms with van der Waals surface area (Å²) in [5.41, 5.74) is 5.86. The predicted octanol–water partition coefficient (Wildman–Crippen LogP) is 2.47. The zero-order valence-electron chi connectivity index (χ0n) is 10.6. The van der Waals surface area contributed by atoms with Crippen LogP contribution in [0.15, 0.2) is 22.8 Å². The van der Waals surface area contributed by atoms with E-state index in [1.54, 1.807) is 6.26 Å². The summed E-state index contributed by atoms with van der Waals surface area (Å²) >= 11 is 0. The summed E-state index contributed by atoms with van der Waals surface area (Å²) in [6.45, 7) is 6.04. The lowest BCUT2D eigenvalue weighted by atomic mass is 9.96. The molecular formula is C13H24N2O. The number of hydrogen-bond donors (Lipinski definition) is 1. The molecule has 0 fully saturated rings. The van der Waals surface area contributed by atoms with Gasteiger partial charge in [-0.3, -0.25) is 4.90 Å². The molecule has 0 amide bonds. The van der Waals surface area contributed by atoms with Gasteiger partial charge in [-0.15, -0.1) is 0 Å². The Morgan fingerprint density at radius 3 is 2.75 bits per heavy atom. The Labute approximate surface area is 98.6 Å². The summed E-state index contributed by atoms with van der Waals surface area (Å²) in [7, 11) is 2.12. The van der Waals surface area contributed by atoms with Crippen LogP contribution in [0.5, 0.6) is 0 Å². The molecule has 92 valence electrons. The molecule has 1 rings (SSSR count). The highest BCUT2D eigenvalue weighted by atomic mass is 16.3. The molecule has 0 aliphatic rings. The van der Waals surface area contributed by atoms with Crippen molar-refractivity contribution < 1.29 is 4.42 Å². The first-order valence-corrected chi connectivity index (χ1v) is 6.11. The third kappa shape index (κ3) is 3.65. The number of furan rings is 1. The lowest BCUT2D eigenvalue weighted by Crippen LogP contribution is -2.42. The summed E-state index contributed by atoms with van der Waals surface area (Å²) in [5.74, 6) is 1.64. The first kappa shape index (κ1) is 13.3. The summed E-state index contributed by atoms with van der Waals surface area (Å²) in [4.78, 5) is 2.29. The highest BCUT2D eigenvalue weighted by Gasteiger charge is 2.20. The molecule has 1 aromatic heterocycles. The highest BCUT2D eigenvalue weighted by molar-refractivity contribution is 4.98. The van der Waals surface area contributed by atoms with E-state index in [9.17, 15) is 0 Å². The van der Waals surface area contributed by atoms with Crippen LogP contribution in [0.1, 0.15) is 32.4 Å². The van der Waals surface area contributed by atoms with Crippen molar-refractivity contribution in [3.05, 3.63) is 24.2 Å². The molecule has 2 unspecified atom stereocenters. The number of rotatable bonds is 7. The van der Waals surface area contributed by atoms with Gasteiger partial charge in [-0.2, -0.15) is 0 Å². The number of nitrogens with zero attached hydrogens (tertiary/aromatic N) is 1. The maximum Gasteiger partial charge on any atom is 0.117 e. The van der Waals surface area contributed by atoms with E-state index in [2.05, 4.69) is 25.8 Å². The van der Waals surface area contributed by atoms with Crippen molar-refractivity contribution >= 4 is 0 Å². The van der Waals surface area contributed by atoms with Crippen molar-refractivity contribution in [1.82, 2.24) is 4.90 Å². The van der Waals surface area contributed by atoms with Crippen LogP contribution in [0.2, 0.25) is 0 Å². The van der Waals surface area contributed by atoms with Crippen LogP contribution in [0.3, 0.4) is 0 Å². The molecule has 0 aliphatic heterocycles. The third-order valence-corrected chi connectivity index (χ3v) is 3.19. The Balaban J connectivity index is 2.51. The third-order valence-electron chi connectivity index (χ3n) is 3.19. The second-order valence-corrected chi connectivity index (χ2v) is 4.56. The van der Waals surface area contributed by atoms with E-state index >= 15 is 0 Å². The van der Waals surface area contributed by atoms with Gasteiger partial charge in [-0.25, -0.2) is 0 Å². The minimum Gasteiger partial charge on any atom is -0.468 e. The van der Waals surface area contributed by atoms with E-state index in [0.717, 1.165) is 12.3 Å². The molecule has 2 atom stereocenters. The standard InChI is InChI=1S/C13H24N2O/c1-4-6-11(2)13(9-14)15(3)10-12-7-5-8-16-12/h5,7-8,11,13H,4,6,9-10,14H2,1-3H3. The molecule has 16 heavy (non-hydrogen) atoms. The molecule has 0 radical (unpaired) electrons. The van der Waals surface area contributed by atoms with Gasteiger partial charge in [0.05, 0.1) is 12.8 Å². The minimum atomic E-state index is 0.435. The summed E-state index contributed by atoms with van der Waals surface area (Å²) in [6, 6.07) is 4.37. The SMILES string of the molecule is CCCC(C)C(CN)N(C)Cc1ccco1. The molecule has 0 saturated carbocycles. The van der Waals surface area contributed by atoms with Crippen molar-refractivity contribution in [2.75, 3.05) is 13.6 Å². The lowest BCUT2D eigenvalue weighted by molar-refractivity contribution is 0.164. The van der Waals surface area contributed by atoms with Crippen molar-refractivity contribution in [1.29, 1.82) is 0 Å². The molecule has 0 bridgehead atoms. The van der Waals surface area contributed by atoms with E-state index in [1.165, 1.54) is 12.8 Å². The smallest absolute Gasteiger partial charge is 0.117 e. The van der Waals surface area contributed by atoms with Gasteiger partial charge in [-0.1, -0.05) is 20.3 Å².